The molecule has 0 radical (unpaired) electrons. The standard InChI is InChI=1S/C36H35N5/c1-4-13-28(14-5-1)35(29-15-6-2-7-16-29)30-21-25-39(26-22-30)23-12-24-40-27-34-37-38-36(31-17-8-3-9-18-31)41(34)33-20-11-10-19-32(33)40/h1-11,13-20H,12,21-27H2. The van der Waals surface area contributed by atoms with Gasteiger partial charge in [0.05, 0.1) is 17.9 Å². The van der Waals surface area contributed by atoms with Crippen molar-refractivity contribution in [1.82, 2.24) is 19.7 Å². The lowest BCUT2D eigenvalue weighted by atomic mass is 9.88. The van der Waals surface area contributed by atoms with Crippen molar-refractivity contribution in [2.45, 2.75) is 25.8 Å². The minimum Gasteiger partial charge on any atom is -0.362 e. The summed E-state index contributed by atoms with van der Waals surface area (Å²) in [5, 5.41) is 9.20. The molecule has 0 atom stereocenters. The van der Waals surface area contributed by atoms with Gasteiger partial charge in [-0.25, -0.2) is 0 Å². The Morgan fingerprint density at radius 1 is 0.610 bits per heavy atom. The molecule has 0 saturated carbocycles. The topological polar surface area (TPSA) is 37.2 Å². The second-order valence-corrected chi connectivity index (χ2v) is 11.0. The Morgan fingerprint density at radius 2 is 1.20 bits per heavy atom. The fraction of sp³-hybridized carbons (Fsp3) is 0.222. The summed E-state index contributed by atoms with van der Waals surface area (Å²) < 4.78 is 2.23. The van der Waals surface area contributed by atoms with Gasteiger partial charge >= 0.3 is 0 Å². The normalized spacial score (nSPS) is 14.9. The van der Waals surface area contributed by atoms with Gasteiger partial charge in [-0.2, -0.15) is 0 Å². The second-order valence-electron chi connectivity index (χ2n) is 11.0. The molecule has 0 spiro atoms. The number of piperidine rings is 1. The minimum absolute atomic E-state index is 0.779. The van der Waals surface area contributed by atoms with Crippen LogP contribution in [0.5, 0.6) is 0 Å². The molecule has 7 rings (SSSR count). The van der Waals surface area contributed by atoms with Crippen LogP contribution in [0, 0.1) is 0 Å². The Morgan fingerprint density at radius 3 is 1.85 bits per heavy atom. The average molecular weight is 538 g/mol. The zero-order valence-corrected chi connectivity index (χ0v) is 23.4. The second kappa shape index (κ2) is 11.6. The van der Waals surface area contributed by atoms with Crippen molar-refractivity contribution in [3.63, 3.8) is 0 Å². The molecule has 5 heteroatoms. The first-order valence-electron chi connectivity index (χ1n) is 14.7. The van der Waals surface area contributed by atoms with Crippen molar-refractivity contribution in [2.75, 3.05) is 31.1 Å². The van der Waals surface area contributed by atoms with E-state index in [1.807, 2.05) is 6.07 Å². The van der Waals surface area contributed by atoms with Crippen LogP contribution in [0.3, 0.4) is 0 Å². The summed E-state index contributed by atoms with van der Waals surface area (Å²) in [5.74, 6) is 1.92. The van der Waals surface area contributed by atoms with E-state index in [1.54, 1.807) is 5.57 Å². The first-order chi connectivity index (χ1) is 20.3. The maximum Gasteiger partial charge on any atom is 0.168 e. The number of anilines is 1. The molecular weight excluding hydrogens is 502 g/mol. The summed E-state index contributed by atoms with van der Waals surface area (Å²) in [6.45, 7) is 5.12. The van der Waals surface area contributed by atoms with Gasteiger partial charge in [0.25, 0.3) is 0 Å². The van der Waals surface area contributed by atoms with Gasteiger partial charge in [0, 0.05) is 25.2 Å². The maximum absolute atomic E-state index is 4.61. The summed E-state index contributed by atoms with van der Waals surface area (Å²) in [6.07, 6.45) is 3.37. The van der Waals surface area contributed by atoms with Crippen LogP contribution in [0.1, 0.15) is 36.2 Å². The maximum atomic E-state index is 4.61. The Hall–Kier alpha value is -4.48. The van der Waals surface area contributed by atoms with E-state index >= 15 is 0 Å². The molecule has 0 amide bonds. The molecule has 0 unspecified atom stereocenters. The van der Waals surface area contributed by atoms with Gasteiger partial charge in [0.15, 0.2) is 11.6 Å². The number of aromatic nitrogens is 3. The zero-order valence-electron chi connectivity index (χ0n) is 23.4. The lowest BCUT2D eigenvalue weighted by Gasteiger charge is -2.34. The van der Waals surface area contributed by atoms with Crippen LogP contribution in [0.25, 0.3) is 22.6 Å². The Balaban J connectivity index is 1.02. The highest BCUT2D eigenvalue weighted by molar-refractivity contribution is 5.82. The number of hydrogen-bond acceptors (Lipinski definition) is 4. The summed E-state index contributed by atoms with van der Waals surface area (Å²) in [7, 11) is 0. The lowest BCUT2D eigenvalue weighted by molar-refractivity contribution is 0.254. The summed E-state index contributed by atoms with van der Waals surface area (Å²) in [4.78, 5) is 5.12. The van der Waals surface area contributed by atoms with Crippen molar-refractivity contribution in [3.05, 3.63) is 138 Å². The third-order valence-corrected chi connectivity index (χ3v) is 8.40. The average Bonchev–Trinajstić information content (AvgIpc) is 3.48. The molecule has 0 bridgehead atoms. The number of nitrogens with zero attached hydrogens (tertiary/aromatic N) is 5. The van der Waals surface area contributed by atoms with E-state index in [-0.39, 0.29) is 0 Å². The van der Waals surface area contributed by atoms with Gasteiger partial charge in [-0.3, -0.25) is 4.57 Å². The van der Waals surface area contributed by atoms with Crippen LogP contribution >= 0.6 is 0 Å². The number of para-hydroxylation sites is 2. The summed E-state index contributed by atoms with van der Waals surface area (Å²) in [5.41, 5.74) is 9.18. The highest BCUT2D eigenvalue weighted by Gasteiger charge is 2.26. The number of fused-ring (bicyclic) bond motifs is 3. The predicted molar refractivity (Wildman–Crippen MR) is 167 cm³/mol. The van der Waals surface area contributed by atoms with Gasteiger partial charge in [-0.05, 0) is 54.6 Å². The van der Waals surface area contributed by atoms with Crippen molar-refractivity contribution in [3.8, 4) is 17.1 Å². The van der Waals surface area contributed by atoms with E-state index < -0.39 is 0 Å². The van der Waals surface area contributed by atoms with E-state index in [4.69, 9.17) is 0 Å². The third-order valence-electron chi connectivity index (χ3n) is 8.40. The molecule has 5 nitrogen and oxygen atoms in total. The van der Waals surface area contributed by atoms with Crippen molar-refractivity contribution < 1.29 is 0 Å². The van der Waals surface area contributed by atoms with E-state index in [9.17, 15) is 0 Å². The molecule has 41 heavy (non-hydrogen) atoms. The summed E-state index contributed by atoms with van der Waals surface area (Å²) >= 11 is 0. The van der Waals surface area contributed by atoms with Gasteiger partial charge < -0.3 is 9.80 Å². The molecule has 3 heterocycles. The van der Waals surface area contributed by atoms with Crippen molar-refractivity contribution in [2.24, 2.45) is 0 Å². The highest BCUT2D eigenvalue weighted by atomic mass is 15.3. The predicted octanol–water partition coefficient (Wildman–Crippen LogP) is 7.24. The molecular formula is C36H35N5. The lowest BCUT2D eigenvalue weighted by Crippen LogP contribution is -2.35. The quantitative estimate of drug-likeness (QED) is 0.219. The largest absolute Gasteiger partial charge is 0.362 e. The number of hydrogen-bond donors (Lipinski definition) is 0. The van der Waals surface area contributed by atoms with E-state index in [0.29, 0.717) is 0 Å². The molecule has 4 aromatic carbocycles. The Labute approximate surface area is 242 Å². The smallest absolute Gasteiger partial charge is 0.168 e. The molecule has 5 aromatic rings. The zero-order chi connectivity index (χ0) is 27.4. The number of rotatable bonds is 7. The minimum atomic E-state index is 0.779. The van der Waals surface area contributed by atoms with Gasteiger partial charge in [-0.15, -0.1) is 10.2 Å². The molecule has 1 aromatic heterocycles. The van der Waals surface area contributed by atoms with Crippen LogP contribution in [0.2, 0.25) is 0 Å². The van der Waals surface area contributed by atoms with Crippen LogP contribution in [0.15, 0.2) is 121 Å². The first-order valence-corrected chi connectivity index (χ1v) is 14.7. The fourth-order valence-electron chi connectivity index (χ4n) is 6.39. The van der Waals surface area contributed by atoms with Crippen LogP contribution in [0.4, 0.5) is 5.69 Å². The van der Waals surface area contributed by atoms with E-state index in [1.165, 1.54) is 28.1 Å². The summed E-state index contributed by atoms with van der Waals surface area (Å²) in [6, 6.07) is 40.9. The van der Waals surface area contributed by atoms with Gasteiger partial charge in [-0.1, -0.05) is 109 Å². The van der Waals surface area contributed by atoms with Crippen molar-refractivity contribution in [1.29, 1.82) is 0 Å². The molecule has 1 fully saturated rings. The molecule has 2 aliphatic heterocycles. The molecule has 204 valence electrons. The van der Waals surface area contributed by atoms with Crippen LogP contribution in [-0.2, 0) is 6.54 Å². The first kappa shape index (κ1) is 25.5. The number of likely N-dealkylation sites (tertiary alicyclic amines) is 1. The molecule has 1 saturated heterocycles. The van der Waals surface area contributed by atoms with Gasteiger partial charge in [0.2, 0.25) is 0 Å². The number of benzene rings is 4. The van der Waals surface area contributed by atoms with E-state index in [0.717, 1.165) is 69.2 Å². The van der Waals surface area contributed by atoms with Crippen LogP contribution in [-0.4, -0.2) is 45.8 Å². The SMILES string of the molecule is c1ccc(C(=C2CCN(CCCN3Cc4nnc(-c5ccccc5)n4-c4ccccc43)CC2)c2ccccc2)cc1. The highest BCUT2D eigenvalue weighted by Crippen LogP contribution is 2.35. The van der Waals surface area contributed by atoms with Crippen molar-refractivity contribution >= 4 is 11.3 Å². The van der Waals surface area contributed by atoms with E-state index in [2.05, 4.69) is 134 Å². The molecule has 0 N–H and O–H groups in total. The molecule has 2 aliphatic rings. The monoisotopic (exact) mass is 537 g/mol. The Bertz CT molecular complexity index is 1590. The van der Waals surface area contributed by atoms with Gasteiger partial charge in [0.1, 0.15) is 0 Å². The fourth-order valence-corrected chi connectivity index (χ4v) is 6.39. The van der Waals surface area contributed by atoms with Crippen LogP contribution < -0.4 is 4.90 Å². The molecule has 0 aliphatic carbocycles. The third kappa shape index (κ3) is 5.21. The Kier molecular flexibility index (Phi) is 7.18.